The van der Waals surface area contributed by atoms with Gasteiger partial charge in [0, 0.05) is 6.54 Å². The smallest absolute Gasteiger partial charge is 0.263 e. The number of amides is 1. The average molecular weight is 305 g/mol. The zero-order valence-corrected chi connectivity index (χ0v) is 12.4. The first-order chi connectivity index (χ1) is 10.4. The van der Waals surface area contributed by atoms with Crippen molar-refractivity contribution in [3.63, 3.8) is 0 Å². The molecule has 0 saturated heterocycles. The van der Waals surface area contributed by atoms with Gasteiger partial charge in [0.1, 0.15) is 17.4 Å². The lowest BCUT2D eigenvalue weighted by molar-refractivity contribution is -0.134. The predicted octanol–water partition coefficient (Wildman–Crippen LogP) is 3.44. The minimum absolute atomic E-state index is 0.201. The number of carbonyl (C=O) groups excluding carboxylic acids is 1. The van der Waals surface area contributed by atoms with E-state index in [1.54, 1.807) is 26.0 Å². The molecule has 1 N–H and O–H groups in total. The number of rotatable bonds is 5. The summed E-state index contributed by atoms with van der Waals surface area (Å²) >= 11 is 0. The Morgan fingerprint density at radius 2 is 1.77 bits per heavy atom. The van der Waals surface area contributed by atoms with Gasteiger partial charge in [-0.15, -0.1) is 0 Å². The van der Waals surface area contributed by atoms with Crippen LogP contribution in [0.25, 0.3) is 0 Å². The first-order valence-corrected chi connectivity index (χ1v) is 6.84. The van der Waals surface area contributed by atoms with E-state index in [4.69, 9.17) is 4.74 Å². The van der Waals surface area contributed by atoms with Crippen molar-refractivity contribution < 1.29 is 18.3 Å². The fraction of sp³-hybridized carbons (Fsp3) is 0.235. The van der Waals surface area contributed by atoms with Crippen LogP contribution in [0, 0.1) is 11.6 Å². The molecule has 0 aromatic heterocycles. The van der Waals surface area contributed by atoms with Crippen molar-refractivity contribution in [2.24, 2.45) is 0 Å². The fourth-order valence-electron chi connectivity index (χ4n) is 1.89. The van der Waals surface area contributed by atoms with E-state index in [-0.39, 0.29) is 24.1 Å². The molecule has 0 fully saturated rings. The highest BCUT2D eigenvalue weighted by Gasteiger charge is 2.29. The Balaban J connectivity index is 1.96. The Hall–Kier alpha value is -2.43. The number of halogens is 2. The first kappa shape index (κ1) is 15.9. The molecule has 22 heavy (non-hydrogen) atoms. The standard InChI is InChI=1S/C17H17F2NO2/c1-17(2,22-15-8-6-13(18)7-9-15)16(21)20-11-12-4-3-5-14(19)10-12/h3-10H,11H2,1-2H3,(H,20,21). The fourth-order valence-corrected chi connectivity index (χ4v) is 1.89. The molecule has 0 aliphatic carbocycles. The summed E-state index contributed by atoms with van der Waals surface area (Å²) in [6.45, 7) is 3.42. The second kappa shape index (κ2) is 6.56. The number of benzene rings is 2. The van der Waals surface area contributed by atoms with Gasteiger partial charge in [0.15, 0.2) is 5.60 Å². The van der Waals surface area contributed by atoms with Gasteiger partial charge >= 0.3 is 0 Å². The van der Waals surface area contributed by atoms with E-state index in [0.717, 1.165) is 0 Å². The Morgan fingerprint density at radius 1 is 1.09 bits per heavy atom. The lowest BCUT2D eigenvalue weighted by atomic mass is 10.1. The van der Waals surface area contributed by atoms with E-state index in [0.29, 0.717) is 11.3 Å². The zero-order chi connectivity index (χ0) is 16.2. The summed E-state index contributed by atoms with van der Waals surface area (Å²) in [5.74, 6) is -0.678. The maximum absolute atomic E-state index is 13.1. The maximum Gasteiger partial charge on any atom is 0.263 e. The monoisotopic (exact) mass is 305 g/mol. The normalized spacial score (nSPS) is 11.1. The first-order valence-electron chi connectivity index (χ1n) is 6.84. The molecular formula is C17H17F2NO2. The van der Waals surface area contributed by atoms with Crippen LogP contribution in [0.2, 0.25) is 0 Å². The van der Waals surface area contributed by atoms with Crippen LogP contribution >= 0.6 is 0 Å². The molecule has 5 heteroatoms. The molecule has 3 nitrogen and oxygen atoms in total. The molecular weight excluding hydrogens is 288 g/mol. The van der Waals surface area contributed by atoms with Crippen molar-refractivity contribution in [2.75, 3.05) is 0 Å². The molecule has 0 spiro atoms. The minimum Gasteiger partial charge on any atom is -0.478 e. The molecule has 2 aromatic rings. The quantitative estimate of drug-likeness (QED) is 0.919. The lowest BCUT2D eigenvalue weighted by Gasteiger charge is -2.25. The highest BCUT2D eigenvalue weighted by molar-refractivity contribution is 5.84. The van der Waals surface area contributed by atoms with Gasteiger partial charge in [-0.25, -0.2) is 8.78 Å². The van der Waals surface area contributed by atoms with Crippen LogP contribution in [0.1, 0.15) is 19.4 Å². The second-order valence-corrected chi connectivity index (χ2v) is 5.38. The van der Waals surface area contributed by atoms with Crippen molar-refractivity contribution >= 4 is 5.91 Å². The number of hydrogen-bond donors (Lipinski definition) is 1. The van der Waals surface area contributed by atoms with Crippen LogP contribution in [0.3, 0.4) is 0 Å². The van der Waals surface area contributed by atoms with Crippen molar-refractivity contribution in [1.82, 2.24) is 5.32 Å². The summed E-state index contributed by atoms with van der Waals surface area (Å²) in [4.78, 5) is 12.2. The van der Waals surface area contributed by atoms with E-state index in [2.05, 4.69) is 5.32 Å². The summed E-state index contributed by atoms with van der Waals surface area (Å²) in [7, 11) is 0. The van der Waals surface area contributed by atoms with Crippen molar-refractivity contribution in [1.29, 1.82) is 0 Å². The predicted molar refractivity (Wildman–Crippen MR) is 79.4 cm³/mol. The molecule has 0 saturated carbocycles. The average Bonchev–Trinajstić information content (AvgIpc) is 2.47. The molecule has 1 amide bonds. The number of nitrogens with one attached hydrogen (secondary N) is 1. The molecule has 0 radical (unpaired) electrons. The van der Waals surface area contributed by atoms with Gasteiger partial charge < -0.3 is 10.1 Å². The molecule has 0 heterocycles. The van der Waals surface area contributed by atoms with Crippen LogP contribution < -0.4 is 10.1 Å². The number of ether oxygens (including phenoxy) is 1. The van der Waals surface area contributed by atoms with E-state index < -0.39 is 5.60 Å². The van der Waals surface area contributed by atoms with Gasteiger partial charge in [0.2, 0.25) is 0 Å². The van der Waals surface area contributed by atoms with Crippen molar-refractivity contribution in [3.8, 4) is 5.75 Å². The molecule has 0 bridgehead atoms. The summed E-state index contributed by atoms with van der Waals surface area (Å²) < 4.78 is 31.5. The zero-order valence-electron chi connectivity index (χ0n) is 12.4. The highest BCUT2D eigenvalue weighted by atomic mass is 19.1. The van der Waals surface area contributed by atoms with Crippen LogP contribution in [-0.2, 0) is 11.3 Å². The summed E-state index contributed by atoms with van der Waals surface area (Å²) in [6.07, 6.45) is 0. The highest BCUT2D eigenvalue weighted by Crippen LogP contribution is 2.19. The van der Waals surface area contributed by atoms with Gasteiger partial charge in [-0.3, -0.25) is 4.79 Å². The summed E-state index contributed by atoms with van der Waals surface area (Å²) in [6, 6.07) is 11.4. The van der Waals surface area contributed by atoms with Gasteiger partial charge in [-0.05, 0) is 55.8 Å². The molecule has 0 aliphatic heterocycles. The van der Waals surface area contributed by atoms with Crippen LogP contribution in [0.15, 0.2) is 48.5 Å². The van der Waals surface area contributed by atoms with Gasteiger partial charge in [-0.2, -0.15) is 0 Å². The van der Waals surface area contributed by atoms with E-state index in [1.165, 1.54) is 36.4 Å². The Kier molecular flexibility index (Phi) is 4.75. The van der Waals surface area contributed by atoms with Crippen LogP contribution in [0.5, 0.6) is 5.75 Å². The van der Waals surface area contributed by atoms with Gasteiger partial charge in [0.05, 0.1) is 0 Å². The molecule has 2 rings (SSSR count). The second-order valence-electron chi connectivity index (χ2n) is 5.38. The largest absolute Gasteiger partial charge is 0.478 e. The van der Waals surface area contributed by atoms with Crippen molar-refractivity contribution in [3.05, 3.63) is 65.7 Å². The molecule has 0 aliphatic rings. The Labute approximate surface area is 127 Å². The topological polar surface area (TPSA) is 38.3 Å². The third kappa shape index (κ3) is 4.28. The Bertz CT molecular complexity index is 654. The van der Waals surface area contributed by atoms with E-state index >= 15 is 0 Å². The number of hydrogen-bond acceptors (Lipinski definition) is 2. The van der Waals surface area contributed by atoms with Gasteiger partial charge in [0.25, 0.3) is 5.91 Å². The summed E-state index contributed by atoms with van der Waals surface area (Å²) in [5, 5.41) is 2.69. The maximum atomic E-state index is 13.1. The SMILES string of the molecule is CC(C)(Oc1ccc(F)cc1)C(=O)NCc1cccc(F)c1. The molecule has 2 aromatic carbocycles. The third-order valence-electron chi connectivity index (χ3n) is 3.08. The number of carbonyl (C=O) groups is 1. The Morgan fingerprint density at radius 3 is 2.41 bits per heavy atom. The van der Waals surface area contributed by atoms with E-state index in [9.17, 15) is 13.6 Å². The molecule has 0 atom stereocenters. The third-order valence-corrected chi connectivity index (χ3v) is 3.08. The molecule has 116 valence electrons. The minimum atomic E-state index is -1.13. The summed E-state index contributed by atoms with van der Waals surface area (Å²) in [5.41, 5.74) is -0.476. The van der Waals surface area contributed by atoms with Crippen LogP contribution in [0.4, 0.5) is 8.78 Å². The van der Waals surface area contributed by atoms with Crippen molar-refractivity contribution in [2.45, 2.75) is 26.0 Å². The van der Waals surface area contributed by atoms with Crippen LogP contribution in [-0.4, -0.2) is 11.5 Å². The van der Waals surface area contributed by atoms with E-state index in [1.807, 2.05) is 0 Å². The lowest BCUT2D eigenvalue weighted by Crippen LogP contribution is -2.46. The molecule has 0 unspecified atom stereocenters. The van der Waals surface area contributed by atoms with Gasteiger partial charge in [-0.1, -0.05) is 12.1 Å².